The van der Waals surface area contributed by atoms with Gasteiger partial charge in [0, 0.05) is 22.6 Å². The second-order valence-electron chi connectivity index (χ2n) is 9.36. The summed E-state index contributed by atoms with van der Waals surface area (Å²) in [7, 11) is 0. The van der Waals surface area contributed by atoms with E-state index in [1.807, 2.05) is 44.2 Å². The molecule has 0 saturated carbocycles. The highest BCUT2D eigenvalue weighted by Crippen LogP contribution is 2.32. The summed E-state index contributed by atoms with van der Waals surface area (Å²) in [6.45, 7) is 10.6. The quantitative estimate of drug-likeness (QED) is 0.406. The van der Waals surface area contributed by atoms with Crippen molar-refractivity contribution in [2.45, 2.75) is 47.0 Å². The van der Waals surface area contributed by atoms with Gasteiger partial charge >= 0.3 is 0 Å². The summed E-state index contributed by atoms with van der Waals surface area (Å²) < 4.78 is 2.18. The van der Waals surface area contributed by atoms with Crippen LogP contribution in [-0.2, 0) is 4.79 Å². The van der Waals surface area contributed by atoms with E-state index in [1.54, 1.807) is 6.08 Å². The van der Waals surface area contributed by atoms with Crippen LogP contribution >= 0.6 is 11.8 Å². The second kappa shape index (κ2) is 9.39. The molecule has 1 unspecified atom stereocenters. The summed E-state index contributed by atoms with van der Waals surface area (Å²) in [6, 6.07) is 18.7. The minimum atomic E-state index is -0.415. The van der Waals surface area contributed by atoms with E-state index in [0.717, 1.165) is 45.2 Å². The zero-order chi connectivity index (χ0) is 25.6. The fraction of sp³-hybridized carbons (Fsp3) is 0.241. The Hall–Kier alpha value is -3.71. The van der Waals surface area contributed by atoms with Crippen LogP contribution in [0.15, 0.2) is 70.3 Å². The number of thioether (sulfide) groups is 1. The molecule has 0 spiro atoms. The molecule has 1 N–H and O–H groups in total. The Morgan fingerprint density at radius 2 is 1.83 bits per heavy atom. The molecule has 36 heavy (non-hydrogen) atoms. The van der Waals surface area contributed by atoms with Crippen LogP contribution in [0.4, 0.5) is 0 Å². The molecule has 0 bridgehead atoms. The van der Waals surface area contributed by atoms with Gasteiger partial charge in [-0.25, -0.2) is 0 Å². The molecule has 2 aliphatic heterocycles. The molecular formula is C29H29N5OS. The molecule has 0 saturated heterocycles. The van der Waals surface area contributed by atoms with E-state index in [0.29, 0.717) is 11.1 Å². The maximum Gasteiger partial charge on any atom is 0.283 e. The number of nitrogens with one attached hydrogen (secondary N) is 1. The van der Waals surface area contributed by atoms with Crippen molar-refractivity contribution in [3.8, 4) is 5.69 Å². The number of nitrogens with zero attached hydrogens (tertiary/aromatic N) is 4. The predicted octanol–water partition coefficient (Wildman–Crippen LogP) is 6.58. The monoisotopic (exact) mass is 495 g/mol. The Kier molecular flexibility index (Phi) is 6.26. The number of amides is 1. The van der Waals surface area contributed by atoms with Crippen LogP contribution in [0, 0.1) is 26.2 Å². The summed E-state index contributed by atoms with van der Waals surface area (Å²) in [5.41, 5.74) is 7.67. The molecule has 2 aromatic carbocycles. The zero-order valence-corrected chi connectivity index (χ0v) is 22.0. The molecule has 7 heteroatoms. The molecule has 0 radical (unpaired) electrons. The van der Waals surface area contributed by atoms with Gasteiger partial charge in [0.25, 0.3) is 5.91 Å². The topological polar surface area (TPSA) is 73.8 Å². The number of aryl methyl sites for hydroxylation is 2. The summed E-state index contributed by atoms with van der Waals surface area (Å²) in [4.78, 5) is 17.2. The van der Waals surface area contributed by atoms with Gasteiger partial charge < -0.3 is 4.57 Å². The van der Waals surface area contributed by atoms with Crippen LogP contribution in [0.1, 0.15) is 59.8 Å². The first-order valence-electron chi connectivity index (χ1n) is 12.1. The number of benzene rings is 2. The van der Waals surface area contributed by atoms with Gasteiger partial charge in [0.1, 0.15) is 5.04 Å². The molecule has 1 amide bonds. The highest BCUT2D eigenvalue weighted by atomic mass is 32.2. The molecule has 1 atom stereocenters. The van der Waals surface area contributed by atoms with Crippen molar-refractivity contribution in [3.05, 3.63) is 93.8 Å². The highest BCUT2D eigenvalue weighted by Gasteiger charge is 2.36. The van der Waals surface area contributed by atoms with Crippen molar-refractivity contribution in [1.29, 1.82) is 5.41 Å². The average molecular weight is 496 g/mol. The first-order chi connectivity index (χ1) is 17.3. The second-order valence-corrected chi connectivity index (χ2v) is 10.3. The maximum atomic E-state index is 13.0. The molecule has 2 aliphatic rings. The van der Waals surface area contributed by atoms with Gasteiger partial charge in [-0.15, -0.1) is 0 Å². The van der Waals surface area contributed by atoms with Gasteiger partial charge in [0.15, 0.2) is 5.84 Å². The lowest BCUT2D eigenvalue weighted by molar-refractivity contribution is -0.114. The zero-order valence-electron chi connectivity index (χ0n) is 21.2. The van der Waals surface area contributed by atoms with E-state index < -0.39 is 5.91 Å². The smallest absolute Gasteiger partial charge is 0.283 e. The predicted molar refractivity (Wildman–Crippen MR) is 149 cm³/mol. The molecule has 0 fully saturated rings. The Labute approximate surface area is 215 Å². The molecule has 3 heterocycles. The summed E-state index contributed by atoms with van der Waals surface area (Å²) in [5.74, 6) is 0.155. The van der Waals surface area contributed by atoms with E-state index in [4.69, 9.17) is 5.41 Å². The Morgan fingerprint density at radius 1 is 1.08 bits per heavy atom. The van der Waals surface area contributed by atoms with Gasteiger partial charge in [-0.2, -0.15) is 15.1 Å². The normalized spacial score (nSPS) is 17.4. The average Bonchev–Trinajstić information content (AvgIpc) is 3.41. The number of aliphatic imine (C=N–C) groups is 1. The SMILES string of the molecule is CCC(C)c1ccc(-n2c(C)cc(/C=C3\C(=N)N4N=C(c5cccc(C)c5)SC4=NC3=O)c2C)cc1. The maximum absolute atomic E-state index is 13.0. The highest BCUT2D eigenvalue weighted by molar-refractivity contribution is 8.27. The third-order valence-corrected chi connectivity index (χ3v) is 7.78. The van der Waals surface area contributed by atoms with Gasteiger partial charge in [-0.3, -0.25) is 10.2 Å². The standard InChI is InChI=1S/C29H29N5OS/c1-6-18(3)21-10-12-24(13-11-21)33-19(4)15-23(20(33)5)16-25-26(30)34-29(31-27(25)35)36-28(32-34)22-9-7-8-17(2)14-22/h7-16,18,30H,6H2,1-5H3/b25-16+,30-26?. The van der Waals surface area contributed by atoms with Gasteiger partial charge in [-0.1, -0.05) is 49.7 Å². The van der Waals surface area contributed by atoms with Crippen LogP contribution in [0.2, 0.25) is 0 Å². The number of hydrogen-bond acceptors (Lipinski definition) is 4. The lowest BCUT2D eigenvalue weighted by atomic mass is 9.98. The number of aromatic nitrogens is 1. The first kappa shape index (κ1) is 24.0. The van der Waals surface area contributed by atoms with E-state index in [-0.39, 0.29) is 11.4 Å². The molecule has 182 valence electrons. The third kappa shape index (κ3) is 4.24. The fourth-order valence-corrected chi connectivity index (χ4v) is 5.45. The van der Waals surface area contributed by atoms with Crippen molar-refractivity contribution in [2.75, 3.05) is 0 Å². The number of carbonyl (C=O) groups is 1. The van der Waals surface area contributed by atoms with Crippen molar-refractivity contribution in [2.24, 2.45) is 10.1 Å². The van der Waals surface area contributed by atoms with Crippen molar-refractivity contribution in [3.63, 3.8) is 0 Å². The number of carbonyl (C=O) groups excluding carboxylic acids is 1. The Morgan fingerprint density at radius 3 is 2.53 bits per heavy atom. The van der Waals surface area contributed by atoms with E-state index in [1.165, 1.54) is 22.3 Å². The van der Waals surface area contributed by atoms with Gasteiger partial charge in [-0.05, 0) is 86.3 Å². The molecule has 6 nitrogen and oxygen atoms in total. The molecule has 0 aliphatic carbocycles. The minimum Gasteiger partial charge on any atom is -0.318 e. The molecule has 5 rings (SSSR count). The van der Waals surface area contributed by atoms with Crippen LogP contribution < -0.4 is 0 Å². The lowest BCUT2D eigenvalue weighted by Crippen LogP contribution is -2.35. The minimum absolute atomic E-state index is 0.0443. The van der Waals surface area contributed by atoms with Crippen molar-refractivity contribution >= 4 is 39.8 Å². The van der Waals surface area contributed by atoms with Gasteiger partial charge in [0.05, 0.1) is 5.57 Å². The summed E-state index contributed by atoms with van der Waals surface area (Å²) >= 11 is 1.32. The van der Waals surface area contributed by atoms with E-state index >= 15 is 0 Å². The largest absolute Gasteiger partial charge is 0.318 e. The van der Waals surface area contributed by atoms with Gasteiger partial charge in [0.2, 0.25) is 5.17 Å². The summed E-state index contributed by atoms with van der Waals surface area (Å²) in [5, 5.41) is 16.0. The summed E-state index contributed by atoms with van der Waals surface area (Å²) in [6.07, 6.45) is 2.87. The van der Waals surface area contributed by atoms with E-state index in [2.05, 4.69) is 59.7 Å². The number of hydrogen-bond donors (Lipinski definition) is 1. The molecule has 1 aromatic heterocycles. The van der Waals surface area contributed by atoms with Crippen molar-refractivity contribution in [1.82, 2.24) is 9.58 Å². The molecule has 3 aromatic rings. The van der Waals surface area contributed by atoms with Crippen LogP contribution in [-0.4, -0.2) is 31.5 Å². The number of fused-ring (bicyclic) bond motifs is 1. The first-order valence-corrected chi connectivity index (χ1v) is 12.9. The van der Waals surface area contributed by atoms with Crippen molar-refractivity contribution < 1.29 is 4.79 Å². The lowest BCUT2D eigenvalue weighted by Gasteiger charge is -2.20. The number of amidine groups is 2. The van der Waals surface area contributed by atoms with Crippen LogP contribution in [0.5, 0.6) is 0 Å². The molecular weight excluding hydrogens is 466 g/mol. The number of rotatable bonds is 5. The number of hydrazone groups is 1. The Bertz CT molecular complexity index is 1480. The van der Waals surface area contributed by atoms with Crippen LogP contribution in [0.3, 0.4) is 0 Å². The Balaban J connectivity index is 1.47. The fourth-order valence-electron chi connectivity index (χ4n) is 4.56. The van der Waals surface area contributed by atoms with E-state index in [9.17, 15) is 4.79 Å². The third-order valence-electron chi connectivity index (χ3n) is 6.82. The van der Waals surface area contributed by atoms with Crippen LogP contribution in [0.25, 0.3) is 11.8 Å².